The highest BCUT2D eigenvalue weighted by atomic mass is 16.2. The molecule has 2 atom stereocenters. The summed E-state index contributed by atoms with van der Waals surface area (Å²) in [7, 11) is 0. The van der Waals surface area contributed by atoms with Gasteiger partial charge in [-0.2, -0.15) is 5.10 Å². The summed E-state index contributed by atoms with van der Waals surface area (Å²) in [6.07, 6.45) is 3.22. The number of rotatable bonds is 11. The predicted molar refractivity (Wildman–Crippen MR) is 149 cm³/mol. The first-order valence-electron chi connectivity index (χ1n) is 12.9. The van der Waals surface area contributed by atoms with Crippen molar-refractivity contribution in [2.75, 3.05) is 0 Å². The Bertz CT molecular complexity index is 1530. The molecule has 2 aromatic carbocycles. The molecule has 2 heterocycles. The lowest BCUT2D eigenvalue weighted by Gasteiger charge is -2.24. The fraction of sp³-hybridized carbons (Fsp3) is 0.286. The molecule has 0 saturated heterocycles. The summed E-state index contributed by atoms with van der Waals surface area (Å²) in [5.41, 5.74) is 3.55. The normalized spacial score (nSPS) is 12.6. The summed E-state index contributed by atoms with van der Waals surface area (Å²) in [6, 6.07) is 16.5. The molecule has 0 aliphatic rings. The van der Waals surface area contributed by atoms with Gasteiger partial charge in [0.2, 0.25) is 11.8 Å². The number of aromatic nitrogens is 4. The number of hydrazine groups is 1. The molecule has 0 radical (unpaired) electrons. The van der Waals surface area contributed by atoms with E-state index < -0.39 is 35.4 Å². The van der Waals surface area contributed by atoms with Crippen LogP contribution in [0.25, 0.3) is 16.7 Å². The molecule has 40 heavy (non-hydrogen) atoms. The highest BCUT2D eigenvalue weighted by Gasteiger charge is 2.27. The number of hydrogen-bond acceptors (Lipinski definition) is 7. The Morgan fingerprint density at radius 2 is 1.60 bits per heavy atom. The molecular formula is C28H32N8O4. The third-order valence-electron chi connectivity index (χ3n) is 6.29. The quantitative estimate of drug-likeness (QED) is 0.123. The molecule has 0 saturated carbocycles. The first kappa shape index (κ1) is 28.2. The fourth-order valence-corrected chi connectivity index (χ4v) is 4.35. The van der Waals surface area contributed by atoms with Gasteiger partial charge in [-0.25, -0.2) is 15.5 Å². The van der Waals surface area contributed by atoms with E-state index in [-0.39, 0.29) is 24.3 Å². The van der Waals surface area contributed by atoms with Gasteiger partial charge in [0.05, 0.1) is 11.9 Å². The number of amides is 3. The van der Waals surface area contributed by atoms with Crippen molar-refractivity contribution >= 4 is 28.8 Å². The number of para-hydroxylation sites is 1. The molecule has 3 amide bonds. The standard InChI is InChI=1S/C28H32N8O4/c1-18(2)13-22(27(39)34-29)33-26(38)23(14-19-9-5-3-6-10-19)32-24(37)16-35-17-30-25-21(28(35)40)15-31-36(25)20-11-7-4-8-12-20/h3-12,15,17-18,22-23H,13-14,16,29H2,1-2H3,(H,32,37)(H,33,38)(H,34,39)/t22-,23+/m1/s1. The smallest absolute Gasteiger partial charge is 0.264 e. The van der Waals surface area contributed by atoms with Gasteiger partial charge < -0.3 is 10.6 Å². The van der Waals surface area contributed by atoms with E-state index in [4.69, 9.17) is 5.84 Å². The molecule has 0 aliphatic heterocycles. The van der Waals surface area contributed by atoms with Gasteiger partial charge in [-0.3, -0.25) is 29.2 Å². The van der Waals surface area contributed by atoms with Gasteiger partial charge in [0.1, 0.15) is 30.3 Å². The van der Waals surface area contributed by atoms with Gasteiger partial charge in [-0.1, -0.05) is 62.4 Å². The second-order valence-electron chi connectivity index (χ2n) is 9.82. The molecule has 0 aliphatic carbocycles. The number of benzene rings is 2. The molecule has 4 rings (SSSR count). The van der Waals surface area contributed by atoms with Crippen LogP contribution in [0.5, 0.6) is 0 Å². The Kier molecular flexibility index (Phi) is 9.02. The molecule has 0 spiro atoms. The Labute approximate surface area is 230 Å². The zero-order valence-electron chi connectivity index (χ0n) is 22.3. The minimum atomic E-state index is -1.01. The minimum absolute atomic E-state index is 0.102. The molecule has 5 N–H and O–H groups in total. The minimum Gasteiger partial charge on any atom is -0.342 e. The topological polar surface area (TPSA) is 166 Å². The number of hydrogen-bond donors (Lipinski definition) is 4. The van der Waals surface area contributed by atoms with E-state index >= 15 is 0 Å². The summed E-state index contributed by atoms with van der Waals surface area (Å²) in [6.45, 7) is 3.46. The number of nitrogens with zero attached hydrogens (tertiary/aromatic N) is 4. The Hall–Kier alpha value is -4.84. The van der Waals surface area contributed by atoms with Crippen LogP contribution in [-0.2, 0) is 27.3 Å². The molecule has 0 unspecified atom stereocenters. The van der Waals surface area contributed by atoms with E-state index in [0.717, 1.165) is 15.8 Å². The number of nitrogens with two attached hydrogens (primary N) is 1. The fourth-order valence-electron chi connectivity index (χ4n) is 4.35. The maximum Gasteiger partial charge on any atom is 0.264 e. The monoisotopic (exact) mass is 544 g/mol. The molecule has 0 bridgehead atoms. The highest BCUT2D eigenvalue weighted by molar-refractivity contribution is 5.92. The van der Waals surface area contributed by atoms with Crippen LogP contribution < -0.4 is 27.5 Å². The van der Waals surface area contributed by atoms with E-state index in [1.807, 2.05) is 74.5 Å². The number of carbonyl (C=O) groups is 3. The maximum absolute atomic E-state index is 13.3. The van der Waals surface area contributed by atoms with Crippen LogP contribution in [0, 0.1) is 5.92 Å². The Morgan fingerprint density at radius 3 is 2.25 bits per heavy atom. The predicted octanol–water partition coefficient (Wildman–Crippen LogP) is 0.831. The van der Waals surface area contributed by atoms with Crippen LogP contribution in [0.4, 0.5) is 0 Å². The number of carbonyl (C=O) groups excluding carboxylic acids is 3. The van der Waals surface area contributed by atoms with Crippen molar-refractivity contribution in [3.8, 4) is 5.69 Å². The average molecular weight is 545 g/mol. The Balaban J connectivity index is 1.53. The lowest BCUT2D eigenvalue weighted by molar-refractivity contribution is -0.132. The lowest BCUT2D eigenvalue weighted by atomic mass is 10.0. The van der Waals surface area contributed by atoms with Crippen molar-refractivity contribution in [3.63, 3.8) is 0 Å². The van der Waals surface area contributed by atoms with Crippen LogP contribution in [-0.4, -0.2) is 49.1 Å². The van der Waals surface area contributed by atoms with Crippen molar-refractivity contribution in [2.24, 2.45) is 11.8 Å². The van der Waals surface area contributed by atoms with Crippen molar-refractivity contribution in [3.05, 3.63) is 89.1 Å². The van der Waals surface area contributed by atoms with Gasteiger partial charge in [-0.05, 0) is 30.0 Å². The second kappa shape index (κ2) is 12.8. The third kappa shape index (κ3) is 6.77. The van der Waals surface area contributed by atoms with Gasteiger partial charge in [0, 0.05) is 6.42 Å². The first-order chi connectivity index (χ1) is 19.3. The van der Waals surface area contributed by atoms with E-state index in [2.05, 4.69) is 26.1 Å². The highest BCUT2D eigenvalue weighted by Crippen LogP contribution is 2.13. The average Bonchev–Trinajstić information content (AvgIpc) is 3.39. The molecule has 0 fully saturated rings. The van der Waals surface area contributed by atoms with Crippen LogP contribution in [0.2, 0.25) is 0 Å². The zero-order valence-corrected chi connectivity index (χ0v) is 22.3. The van der Waals surface area contributed by atoms with Crippen molar-refractivity contribution in [1.82, 2.24) is 35.4 Å². The summed E-state index contributed by atoms with van der Waals surface area (Å²) in [5, 5.41) is 9.95. The second-order valence-corrected chi connectivity index (χ2v) is 9.82. The summed E-state index contributed by atoms with van der Waals surface area (Å²) in [5.74, 6) is 3.77. The van der Waals surface area contributed by atoms with E-state index in [1.54, 1.807) is 4.68 Å². The molecule has 2 aromatic heterocycles. The van der Waals surface area contributed by atoms with Crippen LogP contribution >= 0.6 is 0 Å². The zero-order chi connectivity index (χ0) is 28.6. The summed E-state index contributed by atoms with van der Waals surface area (Å²) in [4.78, 5) is 56.1. The molecule has 12 heteroatoms. The number of fused-ring (bicyclic) bond motifs is 1. The third-order valence-corrected chi connectivity index (χ3v) is 6.29. The van der Waals surface area contributed by atoms with E-state index in [0.29, 0.717) is 12.1 Å². The van der Waals surface area contributed by atoms with Crippen LogP contribution in [0.15, 0.2) is 78.0 Å². The lowest BCUT2D eigenvalue weighted by Crippen LogP contribution is -2.56. The first-order valence-corrected chi connectivity index (χ1v) is 12.9. The van der Waals surface area contributed by atoms with Gasteiger partial charge in [0.25, 0.3) is 11.5 Å². The van der Waals surface area contributed by atoms with Gasteiger partial charge in [-0.15, -0.1) is 0 Å². The molecule has 4 aromatic rings. The maximum atomic E-state index is 13.3. The van der Waals surface area contributed by atoms with Gasteiger partial charge >= 0.3 is 0 Å². The van der Waals surface area contributed by atoms with Crippen molar-refractivity contribution < 1.29 is 14.4 Å². The largest absolute Gasteiger partial charge is 0.342 e. The molecule has 208 valence electrons. The SMILES string of the molecule is CC(C)C[C@@H](NC(=O)[C@H](Cc1ccccc1)NC(=O)Cn1cnc2c(cnn2-c2ccccc2)c1=O)C(=O)NN. The summed E-state index contributed by atoms with van der Waals surface area (Å²) < 4.78 is 2.71. The summed E-state index contributed by atoms with van der Waals surface area (Å²) >= 11 is 0. The van der Waals surface area contributed by atoms with Crippen molar-refractivity contribution in [2.45, 2.75) is 45.3 Å². The van der Waals surface area contributed by atoms with Crippen LogP contribution in [0.3, 0.4) is 0 Å². The van der Waals surface area contributed by atoms with Crippen LogP contribution in [0.1, 0.15) is 25.8 Å². The molecular weight excluding hydrogens is 512 g/mol. The number of nitrogens with one attached hydrogen (secondary N) is 3. The van der Waals surface area contributed by atoms with Gasteiger partial charge in [0.15, 0.2) is 5.65 Å². The van der Waals surface area contributed by atoms with E-state index in [1.165, 1.54) is 12.5 Å². The van der Waals surface area contributed by atoms with Crippen molar-refractivity contribution in [1.29, 1.82) is 0 Å². The Morgan fingerprint density at radius 1 is 0.925 bits per heavy atom. The van der Waals surface area contributed by atoms with E-state index in [9.17, 15) is 19.2 Å². The molecule has 12 nitrogen and oxygen atoms in total.